The summed E-state index contributed by atoms with van der Waals surface area (Å²) >= 11 is 0. The van der Waals surface area contributed by atoms with Gasteiger partial charge in [-0.15, -0.1) is 0 Å². The quantitative estimate of drug-likeness (QED) is 0.197. The van der Waals surface area contributed by atoms with E-state index in [0.717, 1.165) is 0 Å². The van der Waals surface area contributed by atoms with Crippen molar-refractivity contribution in [3.05, 3.63) is 83.9 Å². The molecule has 0 radical (unpaired) electrons. The van der Waals surface area contributed by atoms with Crippen molar-refractivity contribution in [3.63, 3.8) is 0 Å². The summed E-state index contributed by atoms with van der Waals surface area (Å²) in [7, 11) is 0. The van der Waals surface area contributed by atoms with Crippen molar-refractivity contribution in [1.29, 1.82) is 0 Å². The number of H-pyrrole nitrogens is 2. The first-order valence-electron chi connectivity index (χ1n) is 13.7. The molecular formula is C36H32N2. The van der Waals surface area contributed by atoms with E-state index in [2.05, 4.69) is 124 Å². The fourth-order valence-corrected chi connectivity index (χ4v) is 6.72. The second-order valence-corrected chi connectivity index (χ2v) is 13.2. The third-order valence-electron chi connectivity index (χ3n) is 8.75. The van der Waals surface area contributed by atoms with Crippen molar-refractivity contribution in [1.82, 2.24) is 9.97 Å². The fourth-order valence-electron chi connectivity index (χ4n) is 6.72. The van der Waals surface area contributed by atoms with Crippen LogP contribution in [0.2, 0.25) is 0 Å². The van der Waals surface area contributed by atoms with Crippen molar-refractivity contribution >= 4 is 75.9 Å². The van der Waals surface area contributed by atoms with Crippen LogP contribution in [0.3, 0.4) is 0 Å². The maximum absolute atomic E-state index is 3.87. The Balaban J connectivity index is 1.80. The molecule has 2 heteroatoms. The predicted octanol–water partition coefficient (Wildman–Crippen LogP) is 10.4. The Morgan fingerprint density at radius 1 is 0.421 bits per heavy atom. The Labute approximate surface area is 222 Å². The Morgan fingerprint density at radius 3 is 1.18 bits per heavy atom. The number of hydrogen-bond acceptors (Lipinski definition) is 0. The van der Waals surface area contributed by atoms with Crippen molar-refractivity contribution in [2.75, 3.05) is 0 Å². The molecule has 0 atom stereocenters. The molecule has 0 aliphatic heterocycles. The normalized spacial score (nSPS) is 13.5. The molecule has 0 unspecified atom stereocenters. The molecule has 2 N–H and O–H groups in total. The molecule has 0 bridgehead atoms. The van der Waals surface area contributed by atoms with Gasteiger partial charge in [-0.1, -0.05) is 77.9 Å². The minimum atomic E-state index is 0.0284. The molecule has 0 spiro atoms. The summed E-state index contributed by atoms with van der Waals surface area (Å²) in [6.45, 7) is 13.9. The molecule has 2 heterocycles. The van der Waals surface area contributed by atoms with Crippen LogP contribution in [0.1, 0.15) is 52.7 Å². The first kappa shape index (κ1) is 22.0. The van der Waals surface area contributed by atoms with E-state index in [1.165, 1.54) is 87.1 Å². The maximum Gasteiger partial charge on any atom is 0.0551 e. The smallest absolute Gasteiger partial charge is 0.0551 e. The standard InChI is InChI=1S/C36H32N2/c1-35(2,3)19-15-23-29-25(17-19)33-32(22-12-8-10-14-28(22)37-33)24-16-20(36(4,5)6)18-26(30(24)29)34-31(23)21-11-7-9-13-27(21)38-34/h7-18,37-38H,1-6H3. The van der Waals surface area contributed by atoms with Gasteiger partial charge in [-0.2, -0.15) is 0 Å². The Bertz CT molecular complexity index is 2080. The third-order valence-corrected chi connectivity index (χ3v) is 8.75. The van der Waals surface area contributed by atoms with Gasteiger partial charge in [0.25, 0.3) is 0 Å². The van der Waals surface area contributed by atoms with Gasteiger partial charge in [-0.3, -0.25) is 0 Å². The number of benzene rings is 6. The van der Waals surface area contributed by atoms with Crippen molar-refractivity contribution < 1.29 is 0 Å². The van der Waals surface area contributed by atoms with Crippen LogP contribution in [-0.4, -0.2) is 9.97 Å². The molecule has 0 aliphatic carbocycles. The van der Waals surface area contributed by atoms with E-state index in [9.17, 15) is 0 Å². The molecule has 0 saturated heterocycles. The molecule has 186 valence electrons. The zero-order chi connectivity index (χ0) is 26.1. The van der Waals surface area contributed by atoms with E-state index in [0.29, 0.717) is 0 Å². The van der Waals surface area contributed by atoms with Crippen LogP contribution in [0.4, 0.5) is 0 Å². The highest BCUT2D eigenvalue weighted by atomic mass is 14.7. The van der Waals surface area contributed by atoms with E-state index in [4.69, 9.17) is 0 Å². The minimum Gasteiger partial charge on any atom is -0.354 e. The lowest BCUT2D eigenvalue weighted by molar-refractivity contribution is 0.591. The highest BCUT2D eigenvalue weighted by Crippen LogP contribution is 2.50. The van der Waals surface area contributed by atoms with Crippen LogP contribution in [0.25, 0.3) is 75.9 Å². The monoisotopic (exact) mass is 492 g/mol. The summed E-state index contributed by atoms with van der Waals surface area (Å²) in [5.74, 6) is 0. The number of rotatable bonds is 0. The Kier molecular flexibility index (Phi) is 3.98. The van der Waals surface area contributed by atoms with Gasteiger partial charge in [-0.05, 0) is 69.1 Å². The van der Waals surface area contributed by atoms with Crippen LogP contribution in [0, 0.1) is 0 Å². The van der Waals surface area contributed by atoms with Gasteiger partial charge in [0.1, 0.15) is 0 Å². The topological polar surface area (TPSA) is 31.6 Å². The van der Waals surface area contributed by atoms with E-state index in [1.807, 2.05) is 0 Å². The van der Waals surface area contributed by atoms with Crippen LogP contribution in [0.15, 0.2) is 72.8 Å². The lowest BCUT2D eigenvalue weighted by Crippen LogP contribution is -2.12. The van der Waals surface area contributed by atoms with Gasteiger partial charge in [0.05, 0.1) is 11.0 Å². The number of aromatic nitrogens is 2. The first-order chi connectivity index (χ1) is 18.1. The molecule has 8 rings (SSSR count). The summed E-state index contributed by atoms with van der Waals surface area (Å²) in [6.07, 6.45) is 0. The minimum absolute atomic E-state index is 0.0284. The average Bonchev–Trinajstić information content (AvgIpc) is 3.46. The summed E-state index contributed by atoms with van der Waals surface area (Å²) in [6, 6.07) is 27.4. The molecular weight excluding hydrogens is 460 g/mol. The zero-order valence-electron chi connectivity index (χ0n) is 22.9. The number of aromatic amines is 2. The third kappa shape index (κ3) is 2.73. The SMILES string of the molecule is CC(C)(C)c1cc2c3[nH]c4ccccc4c3c3cc(C(C)(C)C)cc4c5[nH]c6ccccc6c5c(c1)c2c43. The molecule has 0 fully saturated rings. The Morgan fingerprint density at radius 2 is 0.789 bits per heavy atom. The molecule has 0 aliphatic rings. The summed E-state index contributed by atoms with van der Waals surface area (Å²) in [5.41, 5.74) is 7.69. The summed E-state index contributed by atoms with van der Waals surface area (Å²) in [5, 5.41) is 13.4. The van der Waals surface area contributed by atoms with Gasteiger partial charge >= 0.3 is 0 Å². The lowest BCUT2D eigenvalue weighted by atomic mass is 9.79. The summed E-state index contributed by atoms with van der Waals surface area (Å²) in [4.78, 5) is 7.74. The zero-order valence-corrected chi connectivity index (χ0v) is 22.9. The predicted molar refractivity (Wildman–Crippen MR) is 166 cm³/mol. The highest BCUT2D eigenvalue weighted by Gasteiger charge is 2.26. The van der Waals surface area contributed by atoms with Gasteiger partial charge in [0, 0.05) is 54.1 Å². The van der Waals surface area contributed by atoms with E-state index < -0.39 is 0 Å². The molecule has 6 aromatic carbocycles. The highest BCUT2D eigenvalue weighted by molar-refractivity contribution is 6.44. The molecule has 0 saturated carbocycles. The molecule has 2 nitrogen and oxygen atoms in total. The van der Waals surface area contributed by atoms with Crippen LogP contribution < -0.4 is 0 Å². The Hall–Kier alpha value is -4.04. The van der Waals surface area contributed by atoms with Gasteiger partial charge < -0.3 is 9.97 Å². The van der Waals surface area contributed by atoms with Crippen LogP contribution in [-0.2, 0) is 10.8 Å². The van der Waals surface area contributed by atoms with Crippen molar-refractivity contribution in [3.8, 4) is 0 Å². The lowest BCUT2D eigenvalue weighted by Gasteiger charge is -2.25. The van der Waals surface area contributed by atoms with Gasteiger partial charge in [-0.25, -0.2) is 0 Å². The van der Waals surface area contributed by atoms with Crippen molar-refractivity contribution in [2.45, 2.75) is 52.4 Å². The van der Waals surface area contributed by atoms with Crippen molar-refractivity contribution in [2.24, 2.45) is 0 Å². The second kappa shape index (κ2) is 6.88. The van der Waals surface area contributed by atoms with Gasteiger partial charge in [0.2, 0.25) is 0 Å². The number of nitrogens with one attached hydrogen (secondary N) is 2. The molecule has 2 aromatic heterocycles. The summed E-state index contributed by atoms with van der Waals surface area (Å²) < 4.78 is 0. The molecule has 0 amide bonds. The number of fused-ring (bicyclic) bond motifs is 10. The fraction of sp³-hybridized carbons (Fsp3) is 0.222. The average molecular weight is 493 g/mol. The van der Waals surface area contributed by atoms with E-state index >= 15 is 0 Å². The van der Waals surface area contributed by atoms with Crippen LogP contribution >= 0.6 is 0 Å². The number of hydrogen-bond donors (Lipinski definition) is 2. The molecule has 8 aromatic rings. The van der Waals surface area contributed by atoms with Crippen LogP contribution in [0.5, 0.6) is 0 Å². The van der Waals surface area contributed by atoms with Gasteiger partial charge in [0.15, 0.2) is 0 Å². The molecule has 38 heavy (non-hydrogen) atoms. The largest absolute Gasteiger partial charge is 0.354 e. The van der Waals surface area contributed by atoms with E-state index in [-0.39, 0.29) is 10.8 Å². The first-order valence-corrected chi connectivity index (χ1v) is 13.7. The van der Waals surface area contributed by atoms with E-state index in [1.54, 1.807) is 0 Å². The second-order valence-electron chi connectivity index (χ2n) is 13.2. The number of para-hydroxylation sites is 2. The maximum atomic E-state index is 3.87.